The SMILES string of the molecule is COc1ccc2nc(C(C)Cl)n(CC3(C)CCCS3)c2c1. The van der Waals surface area contributed by atoms with Crippen LogP contribution < -0.4 is 4.74 Å². The summed E-state index contributed by atoms with van der Waals surface area (Å²) < 4.78 is 7.92. The molecular formula is C16H21ClN2OS. The number of halogens is 1. The van der Waals surface area contributed by atoms with Crippen LogP contribution in [0.25, 0.3) is 11.0 Å². The number of aromatic nitrogens is 2. The topological polar surface area (TPSA) is 27.1 Å². The van der Waals surface area contributed by atoms with Crippen molar-refractivity contribution in [2.45, 2.75) is 43.4 Å². The van der Waals surface area contributed by atoms with E-state index in [-0.39, 0.29) is 10.1 Å². The number of imidazole rings is 1. The summed E-state index contributed by atoms with van der Waals surface area (Å²) in [5.74, 6) is 3.06. The Labute approximate surface area is 135 Å². The normalized spacial score (nSPS) is 23.6. The van der Waals surface area contributed by atoms with Gasteiger partial charge in [-0.25, -0.2) is 4.98 Å². The Morgan fingerprint density at radius 3 is 2.95 bits per heavy atom. The summed E-state index contributed by atoms with van der Waals surface area (Å²) in [6.45, 7) is 5.29. The summed E-state index contributed by atoms with van der Waals surface area (Å²) >= 11 is 8.42. The highest BCUT2D eigenvalue weighted by Crippen LogP contribution is 2.40. The Hall–Kier alpha value is -0.870. The van der Waals surface area contributed by atoms with E-state index in [2.05, 4.69) is 29.3 Å². The number of alkyl halides is 1. The van der Waals surface area contributed by atoms with Gasteiger partial charge in [0, 0.05) is 17.4 Å². The van der Waals surface area contributed by atoms with Gasteiger partial charge in [-0.3, -0.25) is 0 Å². The molecule has 3 rings (SSSR count). The largest absolute Gasteiger partial charge is 0.497 e. The molecule has 2 aromatic rings. The Kier molecular flexibility index (Phi) is 4.10. The van der Waals surface area contributed by atoms with Crippen LogP contribution in [0.2, 0.25) is 0 Å². The van der Waals surface area contributed by atoms with Crippen LogP contribution in [0.1, 0.15) is 37.9 Å². The van der Waals surface area contributed by atoms with Gasteiger partial charge in [-0.2, -0.15) is 11.8 Å². The number of rotatable bonds is 4. The van der Waals surface area contributed by atoms with Crippen molar-refractivity contribution < 1.29 is 4.74 Å². The first-order chi connectivity index (χ1) is 10.0. The molecule has 1 aromatic heterocycles. The zero-order valence-electron chi connectivity index (χ0n) is 12.7. The lowest BCUT2D eigenvalue weighted by atomic mass is 10.1. The van der Waals surface area contributed by atoms with Gasteiger partial charge in [0.25, 0.3) is 0 Å². The third-order valence-corrected chi connectivity index (χ3v) is 5.85. The summed E-state index contributed by atoms with van der Waals surface area (Å²) in [5, 5.41) is -0.0987. The maximum absolute atomic E-state index is 6.36. The molecule has 0 aliphatic carbocycles. The van der Waals surface area contributed by atoms with E-state index in [9.17, 15) is 0 Å². The third kappa shape index (κ3) is 2.88. The predicted molar refractivity (Wildman–Crippen MR) is 90.7 cm³/mol. The van der Waals surface area contributed by atoms with Gasteiger partial charge >= 0.3 is 0 Å². The lowest BCUT2D eigenvalue weighted by Gasteiger charge is -2.25. The molecule has 2 heterocycles. The number of nitrogens with zero attached hydrogens (tertiary/aromatic N) is 2. The van der Waals surface area contributed by atoms with Crippen molar-refractivity contribution in [3.8, 4) is 5.75 Å². The van der Waals surface area contributed by atoms with Crippen molar-refractivity contribution >= 4 is 34.4 Å². The molecule has 0 amide bonds. The van der Waals surface area contributed by atoms with Crippen molar-refractivity contribution in [3.63, 3.8) is 0 Å². The minimum atomic E-state index is -0.0987. The van der Waals surface area contributed by atoms with Gasteiger partial charge in [0.1, 0.15) is 11.6 Å². The summed E-state index contributed by atoms with van der Waals surface area (Å²) in [7, 11) is 1.70. The zero-order valence-corrected chi connectivity index (χ0v) is 14.3. The van der Waals surface area contributed by atoms with Crippen molar-refractivity contribution in [2.24, 2.45) is 0 Å². The second kappa shape index (κ2) is 5.73. The van der Waals surface area contributed by atoms with Crippen LogP contribution in [-0.2, 0) is 6.54 Å². The Bertz CT molecular complexity index is 647. The second-order valence-electron chi connectivity index (χ2n) is 5.93. The molecule has 2 unspecified atom stereocenters. The van der Waals surface area contributed by atoms with Gasteiger partial charge in [0.05, 0.1) is 23.5 Å². The first-order valence-corrected chi connectivity index (χ1v) is 8.77. The molecule has 1 saturated heterocycles. The van der Waals surface area contributed by atoms with E-state index in [1.54, 1.807) is 7.11 Å². The van der Waals surface area contributed by atoms with Gasteiger partial charge < -0.3 is 9.30 Å². The fraction of sp³-hybridized carbons (Fsp3) is 0.562. The molecule has 1 aliphatic rings. The van der Waals surface area contributed by atoms with Gasteiger partial charge in [-0.1, -0.05) is 0 Å². The number of hydrogen-bond donors (Lipinski definition) is 0. The molecule has 0 saturated carbocycles. The predicted octanol–water partition coefficient (Wildman–Crippen LogP) is 4.63. The van der Waals surface area contributed by atoms with E-state index in [1.165, 1.54) is 18.6 Å². The molecule has 0 spiro atoms. The highest BCUT2D eigenvalue weighted by Gasteiger charge is 2.31. The molecular weight excluding hydrogens is 304 g/mol. The quantitative estimate of drug-likeness (QED) is 0.767. The summed E-state index contributed by atoms with van der Waals surface area (Å²) in [6, 6.07) is 6.03. The van der Waals surface area contributed by atoms with Crippen molar-refractivity contribution in [2.75, 3.05) is 12.9 Å². The molecule has 21 heavy (non-hydrogen) atoms. The molecule has 3 nitrogen and oxygen atoms in total. The Morgan fingerprint density at radius 1 is 1.52 bits per heavy atom. The lowest BCUT2D eigenvalue weighted by molar-refractivity contribution is 0.415. The van der Waals surface area contributed by atoms with E-state index in [1.807, 2.05) is 19.1 Å². The summed E-state index contributed by atoms with van der Waals surface area (Å²) in [6.07, 6.45) is 2.54. The van der Waals surface area contributed by atoms with Gasteiger partial charge in [-0.05, 0) is 44.6 Å². The molecule has 1 aliphatic heterocycles. The lowest BCUT2D eigenvalue weighted by Crippen LogP contribution is -2.25. The van der Waals surface area contributed by atoms with Crippen LogP contribution in [0.4, 0.5) is 0 Å². The number of benzene rings is 1. The minimum absolute atomic E-state index is 0.0987. The van der Waals surface area contributed by atoms with Crippen LogP contribution in [0.3, 0.4) is 0 Å². The first kappa shape index (κ1) is 15.0. The van der Waals surface area contributed by atoms with Crippen LogP contribution >= 0.6 is 23.4 Å². The maximum atomic E-state index is 6.36. The number of hydrogen-bond acceptors (Lipinski definition) is 3. The van der Waals surface area contributed by atoms with E-state index in [0.717, 1.165) is 29.2 Å². The van der Waals surface area contributed by atoms with Crippen molar-refractivity contribution in [1.82, 2.24) is 9.55 Å². The second-order valence-corrected chi connectivity index (χ2v) is 8.27. The third-order valence-electron chi connectivity index (χ3n) is 4.13. The van der Waals surface area contributed by atoms with Crippen LogP contribution in [0, 0.1) is 0 Å². The summed E-state index contributed by atoms with van der Waals surface area (Å²) in [5.41, 5.74) is 2.11. The number of thioether (sulfide) groups is 1. The van der Waals surface area contributed by atoms with Gasteiger partial charge in [-0.15, -0.1) is 11.6 Å². The average molecular weight is 325 g/mol. The number of ether oxygens (including phenoxy) is 1. The molecule has 0 radical (unpaired) electrons. The maximum Gasteiger partial charge on any atom is 0.127 e. The molecule has 0 bridgehead atoms. The molecule has 1 fully saturated rings. The van der Waals surface area contributed by atoms with E-state index in [4.69, 9.17) is 21.3 Å². The van der Waals surface area contributed by atoms with Crippen LogP contribution in [0.15, 0.2) is 18.2 Å². The van der Waals surface area contributed by atoms with Crippen molar-refractivity contribution in [1.29, 1.82) is 0 Å². The van der Waals surface area contributed by atoms with Crippen LogP contribution in [0.5, 0.6) is 5.75 Å². The monoisotopic (exact) mass is 324 g/mol. The smallest absolute Gasteiger partial charge is 0.127 e. The molecule has 1 aromatic carbocycles. The van der Waals surface area contributed by atoms with E-state index < -0.39 is 0 Å². The van der Waals surface area contributed by atoms with Gasteiger partial charge in [0.15, 0.2) is 0 Å². The molecule has 5 heteroatoms. The standard InChI is InChI=1S/C16H21ClN2OS/c1-11(17)15-18-13-6-5-12(20-3)9-14(13)19(15)10-16(2)7-4-8-21-16/h5-6,9,11H,4,7-8,10H2,1-3H3. The Morgan fingerprint density at radius 2 is 2.33 bits per heavy atom. The Balaban J connectivity index is 2.10. The average Bonchev–Trinajstić information content (AvgIpc) is 3.03. The van der Waals surface area contributed by atoms with E-state index in [0.29, 0.717) is 0 Å². The van der Waals surface area contributed by atoms with Gasteiger partial charge in [0.2, 0.25) is 0 Å². The highest BCUT2D eigenvalue weighted by atomic mass is 35.5. The fourth-order valence-corrected chi connectivity index (χ4v) is 4.47. The molecule has 114 valence electrons. The number of fused-ring (bicyclic) bond motifs is 1. The fourth-order valence-electron chi connectivity index (χ4n) is 3.01. The molecule has 0 N–H and O–H groups in total. The number of methoxy groups -OCH3 is 1. The minimum Gasteiger partial charge on any atom is -0.497 e. The van der Waals surface area contributed by atoms with E-state index >= 15 is 0 Å². The first-order valence-electron chi connectivity index (χ1n) is 7.35. The van der Waals surface area contributed by atoms with Crippen LogP contribution in [-0.4, -0.2) is 27.2 Å². The summed E-state index contributed by atoms with van der Waals surface area (Å²) in [4.78, 5) is 4.73. The highest BCUT2D eigenvalue weighted by molar-refractivity contribution is 8.00. The van der Waals surface area contributed by atoms with Crippen molar-refractivity contribution in [3.05, 3.63) is 24.0 Å². The zero-order chi connectivity index (χ0) is 15.0. The molecule has 2 atom stereocenters.